The van der Waals surface area contributed by atoms with Crippen LogP contribution in [0.5, 0.6) is 0 Å². The van der Waals surface area contributed by atoms with E-state index in [1.165, 1.54) is 11.3 Å². The molecular weight excluding hydrogens is 332 g/mol. The third-order valence-electron chi connectivity index (χ3n) is 3.55. The van der Waals surface area contributed by atoms with Crippen LogP contribution in [-0.2, 0) is 22.5 Å². The molecular formula is C16H24N2O5S. The molecule has 0 fully saturated rings. The number of hydrogen-bond acceptors (Lipinski definition) is 6. The van der Waals surface area contributed by atoms with Crippen LogP contribution in [-0.4, -0.2) is 42.0 Å². The summed E-state index contributed by atoms with van der Waals surface area (Å²) in [4.78, 5) is 25.3. The first-order valence-corrected chi connectivity index (χ1v) is 8.73. The topological polar surface area (TPSA) is 96.9 Å². The molecule has 3 N–H and O–H groups in total. The van der Waals surface area contributed by atoms with Gasteiger partial charge in [0.1, 0.15) is 5.00 Å². The van der Waals surface area contributed by atoms with Crippen molar-refractivity contribution in [2.24, 2.45) is 0 Å². The van der Waals surface area contributed by atoms with Crippen LogP contribution in [0.15, 0.2) is 0 Å². The predicted molar refractivity (Wildman–Crippen MR) is 91.5 cm³/mol. The number of ether oxygens (including phenoxy) is 2. The van der Waals surface area contributed by atoms with Gasteiger partial charge in [0.2, 0.25) is 0 Å². The average Bonchev–Trinajstić information content (AvgIpc) is 2.81. The fourth-order valence-electron chi connectivity index (χ4n) is 2.45. The highest BCUT2D eigenvalue weighted by Crippen LogP contribution is 2.40. The second-order valence-electron chi connectivity index (χ2n) is 6.34. The van der Waals surface area contributed by atoms with Crippen molar-refractivity contribution >= 4 is 28.3 Å². The first-order chi connectivity index (χ1) is 11.2. The van der Waals surface area contributed by atoms with Gasteiger partial charge in [0.15, 0.2) is 0 Å². The summed E-state index contributed by atoms with van der Waals surface area (Å²) in [7, 11) is 0. The number of rotatable bonds is 5. The third kappa shape index (κ3) is 4.46. The lowest BCUT2D eigenvalue weighted by atomic mass is 9.93. The summed E-state index contributed by atoms with van der Waals surface area (Å²) in [5.41, 5.74) is 0.905. The van der Waals surface area contributed by atoms with E-state index in [-0.39, 0.29) is 18.8 Å². The smallest absolute Gasteiger partial charge is 0.341 e. The lowest BCUT2D eigenvalue weighted by molar-refractivity contribution is -0.0384. The van der Waals surface area contributed by atoms with Crippen molar-refractivity contribution in [3.63, 3.8) is 0 Å². The monoisotopic (exact) mass is 356 g/mol. The van der Waals surface area contributed by atoms with E-state index in [4.69, 9.17) is 9.47 Å². The Morgan fingerprint density at radius 1 is 1.46 bits per heavy atom. The zero-order valence-corrected chi connectivity index (χ0v) is 15.2. The zero-order valence-electron chi connectivity index (χ0n) is 14.4. The van der Waals surface area contributed by atoms with Gasteiger partial charge in [-0.3, -0.25) is 5.32 Å². The van der Waals surface area contributed by atoms with Gasteiger partial charge in [0.25, 0.3) is 0 Å². The fraction of sp³-hybridized carbons (Fsp3) is 0.625. The van der Waals surface area contributed by atoms with Crippen LogP contribution in [0.3, 0.4) is 0 Å². The summed E-state index contributed by atoms with van der Waals surface area (Å²) in [5, 5.41) is 14.9. The molecule has 1 aromatic rings. The van der Waals surface area contributed by atoms with Crippen LogP contribution in [0.25, 0.3) is 0 Å². The highest BCUT2D eigenvalue weighted by molar-refractivity contribution is 7.17. The molecule has 7 nitrogen and oxygen atoms in total. The van der Waals surface area contributed by atoms with Crippen molar-refractivity contribution < 1.29 is 24.2 Å². The number of carbonyl (C=O) groups is 2. The molecule has 1 unspecified atom stereocenters. The second-order valence-corrected chi connectivity index (χ2v) is 7.44. The number of aliphatic hydroxyl groups excluding tert-OH is 1. The van der Waals surface area contributed by atoms with Gasteiger partial charge in [-0.25, -0.2) is 9.59 Å². The predicted octanol–water partition coefficient (Wildman–Crippen LogP) is 2.28. The number of fused-ring (bicyclic) bond motifs is 1. The maximum Gasteiger partial charge on any atom is 0.341 e. The van der Waals surface area contributed by atoms with E-state index in [9.17, 15) is 14.7 Å². The molecule has 0 radical (unpaired) electrons. The molecule has 0 bridgehead atoms. The van der Waals surface area contributed by atoms with Crippen molar-refractivity contribution in [3.8, 4) is 0 Å². The number of thiophene rings is 1. The van der Waals surface area contributed by atoms with Crippen LogP contribution in [0.1, 0.15) is 48.5 Å². The van der Waals surface area contributed by atoms with Crippen molar-refractivity contribution in [3.05, 3.63) is 16.0 Å². The molecule has 0 spiro atoms. The number of amides is 2. The summed E-state index contributed by atoms with van der Waals surface area (Å²) in [6.45, 7) is 8.03. The molecule has 8 heteroatoms. The van der Waals surface area contributed by atoms with Gasteiger partial charge in [0.05, 0.1) is 30.5 Å². The Morgan fingerprint density at radius 2 is 2.17 bits per heavy atom. The minimum atomic E-state index is -0.647. The van der Waals surface area contributed by atoms with E-state index in [2.05, 4.69) is 10.6 Å². The molecule has 1 aliphatic heterocycles. The number of anilines is 1. The minimum absolute atomic E-state index is 0.127. The number of esters is 1. The number of hydrogen-bond donors (Lipinski definition) is 3. The standard InChI is InChI=1S/C16H24N2O5S/c1-5-22-14(20)12-10-6-16(3,4)23-8-11(10)24-13(12)18-15(21)17-7-9(2)19/h9,19H,5-8H2,1-4H3,(H2,17,18,21). The van der Waals surface area contributed by atoms with Gasteiger partial charge in [-0.2, -0.15) is 0 Å². The molecule has 2 heterocycles. The Labute approximate surface area is 145 Å². The highest BCUT2D eigenvalue weighted by Gasteiger charge is 2.34. The number of aliphatic hydroxyl groups is 1. The quantitative estimate of drug-likeness (QED) is 0.703. The summed E-state index contributed by atoms with van der Waals surface area (Å²) >= 11 is 1.32. The molecule has 1 aliphatic rings. The maximum atomic E-state index is 12.4. The molecule has 0 saturated heterocycles. The Balaban J connectivity index is 2.28. The van der Waals surface area contributed by atoms with E-state index in [0.29, 0.717) is 23.6 Å². The fourth-order valence-corrected chi connectivity index (χ4v) is 3.56. The number of nitrogens with one attached hydrogen (secondary N) is 2. The van der Waals surface area contributed by atoms with Crippen molar-refractivity contribution in [2.45, 2.75) is 52.4 Å². The van der Waals surface area contributed by atoms with Crippen LogP contribution in [0.2, 0.25) is 0 Å². The van der Waals surface area contributed by atoms with E-state index in [0.717, 1.165) is 10.4 Å². The molecule has 24 heavy (non-hydrogen) atoms. The molecule has 134 valence electrons. The Kier molecular flexibility index (Phi) is 5.84. The lowest BCUT2D eigenvalue weighted by Gasteiger charge is -2.30. The Hall–Kier alpha value is -1.64. The van der Waals surface area contributed by atoms with Gasteiger partial charge in [-0.15, -0.1) is 11.3 Å². The molecule has 0 saturated carbocycles. The molecule has 0 aliphatic carbocycles. The largest absolute Gasteiger partial charge is 0.462 e. The summed E-state index contributed by atoms with van der Waals surface area (Å²) in [6.07, 6.45) is -0.0738. The normalized spacial score (nSPS) is 16.9. The van der Waals surface area contributed by atoms with Gasteiger partial charge >= 0.3 is 12.0 Å². The second kappa shape index (κ2) is 7.50. The SMILES string of the molecule is CCOC(=O)c1c(NC(=O)NCC(C)O)sc2c1CC(C)(C)OC2. The van der Waals surface area contributed by atoms with E-state index < -0.39 is 18.1 Å². The van der Waals surface area contributed by atoms with E-state index in [1.807, 2.05) is 13.8 Å². The maximum absolute atomic E-state index is 12.4. The van der Waals surface area contributed by atoms with Gasteiger partial charge in [-0.05, 0) is 33.3 Å². The third-order valence-corrected chi connectivity index (χ3v) is 4.67. The van der Waals surface area contributed by atoms with Gasteiger partial charge in [-0.1, -0.05) is 0 Å². The molecule has 2 rings (SSSR count). The summed E-state index contributed by atoms with van der Waals surface area (Å²) in [6, 6.07) is -0.472. The minimum Gasteiger partial charge on any atom is -0.462 e. The summed E-state index contributed by atoms with van der Waals surface area (Å²) in [5.74, 6) is -0.446. The number of carbonyl (C=O) groups excluding carboxylic acids is 2. The Morgan fingerprint density at radius 3 is 2.79 bits per heavy atom. The van der Waals surface area contributed by atoms with Gasteiger partial charge < -0.3 is 19.9 Å². The van der Waals surface area contributed by atoms with Crippen molar-refractivity contribution in [1.82, 2.24) is 5.32 Å². The average molecular weight is 356 g/mol. The number of urea groups is 1. The zero-order chi connectivity index (χ0) is 17.9. The molecule has 1 atom stereocenters. The van der Waals surface area contributed by atoms with Crippen molar-refractivity contribution in [1.29, 1.82) is 0 Å². The first-order valence-electron chi connectivity index (χ1n) is 7.92. The van der Waals surface area contributed by atoms with Gasteiger partial charge in [0, 0.05) is 17.8 Å². The van der Waals surface area contributed by atoms with E-state index >= 15 is 0 Å². The van der Waals surface area contributed by atoms with Crippen molar-refractivity contribution in [2.75, 3.05) is 18.5 Å². The Bertz CT molecular complexity index is 624. The van der Waals surface area contributed by atoms with Crippen LogP contribution < -0.4 is 10.6 Å². The first kappa shape index (κ1) is 18.7. The molecule has 0 aromatic carbocycles. The molecule has 1 aromatic heterocycles. The van der Waals surface area contributed by atoms with E-state index in [1.54, 1.807) is 13.8 Å². The molecule has 2 amide bonds. The van der Waals surface area contributed by atoms with Crippen LogP contribution in [0.4, 0.5) is 9.80 Å². The van der Waals surface area contributed by atoms with Crippen LogP contribution >= 0.6 is 11.3 Å². The lowest BCUT2D eigenvalue weighted by Crippen LogP contribution is -2.34. The summed E-state index contributed by atoms with van der Waals surface area (Å²) < 4.78 is 10.9. The van der Waals surface area contributed by atoms with Crippen LogP contribution in [0, 0.1) is 0 Å². The highest BCUT2D eigenvalue weighted by atomic mass is 32.1.